The molecule has 4 nitrogen and oxygen atoms in total. The molecule has 1 unspecified atom stereocenters. The minimum atomic E-state index is -0.0855. The highest BCUT2D eigenvalue weighted by atomic mass is 35.5. The molecule has 0 bridgehead atoms. The van der Waals surface area contributed by atoms with Gasteiger partial charge in [-0.3, -0.25) is 0 Å². The first-order chi connectivity index (χ1) is 10.6. The van der Waals surface area contributed by atoms with Crippen LogP contribution in [-0.2, 0) is 6.42 Å². The van der Waals surface area contributed by atoms with E-state index in [1.807, 2.05) is 55.5 Å². The van der Waals surface area contributed by atoms with E-state index in [-0.39, 0.29) is 12.1 Å². The molecule has 0 aliphatic rings. The van der Waals surface area contributed by atoms with Crippen molar-refractivity contribution in [2.45, 2.75) is 19.4 Å². The van der Waals surface area contributed by atoms with Gasteiger partial charge in [0.15, 0.2) is 0 Å². The number of rotatable bonds is 4. The molecule has 5 heteroatoms. The fourth-order valence-corrected chi connectivity index (χ4v) is 2.57. The first-order valence-corrected chi connectivity index (χ1v) is 7.43. The highest BCUT2D eigenvalue weighted by Crippen LogP contribution is 2.25. The number of aromatic nitrogens is 2. The van der Waals surface area contributed by atoms with E-state index in [0.29, 0.717) is 17.2 Å². The summed E-state index contributed by atoms with van der Waals surface area (Å²) in [4.78, 5) is 8.61. The van der Waals surface area contributed by atoms with Gasteiger partial charge in [-0.2, -0.15) is 0 Å². The molecular weight excluding hydrogens is 298 g/mol. The summed E-state index contributed by atoms with van der Waals surface area (Å²) in [6.07, 6.45) is 0.538. The average Bonchev–Trinajstić information content (AvgIpc) is 2.49. The van der Waals surface area contributed by atoms with Gasteiger partial charge in [0.05, 0.1) is 16.2 Å². The van der Waals surface area contributed by atoms with E-state index in [9.17, 15) is 0 Å². The van der Waals surface area contributed by atoms with E-state index in [0.717, 1.165) is 16.6 Å². The number of hydrogen-bond acceptors (Lipinski definition) is 4. The van der Waals surface area contributed by atoms with Gasteiger partial charge in [0.25, 0.3) is 0 Å². The summed E-state index contributed by atoms with van der Waals surface area (Å²) in [6, 6.07) is 15.2. The molecule has 3 rings (SSSR count). The standard InChI is InChI=1S/C17H16ClN3O/c1-11(22-16-9-5-3-7-13(16)18)10-15-12-6-2-4-8-14(12)20-17(19)21-15/h2-9,11H,10H2,1H3,(H2,19,20,21). The Labute approximate surface area is 133 Å². The van der Waals surface area contributed by atoms with Gasteiger partial charge in [0, 0.05) is 11.8 Å². The van der Waals surface area contributed by atoms with Crippen molar-refractivity contribution in [2.75, 3.05) is 5.73 Å². The molecule has 0 radical (unpaired) electrons. The second-order valence-corrected chi connectivity index (χ2v) is 5.52. The SMILES string of the molecule is CC(Cc1nc(N)nc2ccccc12)Oc1ccccc1Cl. The van der Waals surface area contributed by atoms with E-state index in [1.165, 1.54) is 0 Å². The Morgan fingerprint density at radius 3 is 2.64 bits per heavy atom. The summed E-state index contributed by atoms with van der Waals surface area (Å²) in [6.45, 7) is 1.98. The lowest BCUT2D eigenvalue weighted by molar-refractivity contribution is 0.221. The molecule has 0 saturated carbocycles. The molecule has 3 aromatic rings. The second-order valence-electron chi connectivity index (χ2n) is 5.11. The van der Waals surface area contributed by atoms with Gasteiger partial charge in [-0.05, 0) is 25.1 Å². The van der Waals surface area contributed by atoms with Gasteiger partial charge < -0.3 is 10.5 Å². The number of nitrogen functional groups attached to an aromatic ring is 1. The van der Waals surface area contributed by atoms with Crippen molar-refractivity contribution in [3.8, 4) is 5.75 Å². The highest BCUT2D eigenvalue weighted by Gasteiger charge is 2.12. The maximum absolute atomic E-state index is 6.12. The number of halogens is 1. The van der Waals surface area contributed by atoms with Crippen LogP contribution in [0.1, 0.15) is 12.6 Å². The topological polar surface area (TPSA) is 61.0 Å². The number of hydrogen-bond donors (Lipinski definition) is 1. The van der Waals surface area contributed by atoms with Gasteiger partial charge in [0.1, 0.15) is 11.9 Å². The fraction of sp³-hybridized carbons (Fsp3) is 0.176. The van der Waals surface area contributed by atoms with Crippen LogP contribution in [0, 0.1) is 0 Å². The fourth-order valence-electron chi connectivity index (χ4n) is 2.39. The number of anilines is 1. The maximum atomic E-state index is 6.12. The van der Waals surface area contributed by atoms with Crippen molar-refractivity contribution in [3.05, 3.63) is 59.2 Å². The van der Waals surface area contributed by atoms with Crippen LogP contribution in [0.15, 0.2) is 48.5 Å². The third-order valence-corrected chi connectivity index (χ3v) is 3.66. The molecule has 0 aliphatic heterocycles. The van der Waals surface area contributed by atoms with Crippen LogP contribution < -0.4 is 10.5 Å². The zero-order valence-corrected chi connectivity index (χ0v) is 12.9. The number of para-hydroxylation sites is 2. The van der Waals surface area contributed by atoms with E-state index in [2.05, 4.69) is 9.97 Å². The Morgan fingerprint density at radius 1 is 1.09 bits per heavy atom. The lowest BCUT2D eigenvalue weighted by Gasteiger charge is -2.16. The van der Waals surface area contributed by atoms with Crippen molar-refractivity contribution in [2.24, 2.45) is 0 Å². The molecule has 0 amide bonds. The van der Waals surface area contributed by atoms with Crippen LogP contribution >= 0.6 is 11.6 Å². The maximum Gasteiger partial charge on any atom is 0.220 e. The Kier molecular flexibility index (Phi) is 4.11. The predicted octanol–water partition coefficient (Wildman–Crippen LogP) is 3.88. The molecule has 2 N–H and O–H groups in total. The Hall–Kier alpha value is -2.33. The Balaban J connectivity index is 1.85. The zero-order valence-electron chi connectivity index (χ0n) is 12.2. The van der Waals surface area contributed by atoms with Crippen LogP contribution in [0.4, 0.5) is 5.95 Å². The van der Waals surface area contributed by atoms with E-state index in [4.69, 9.17) is 22.1 Å². The van der Waals surface area contributed by atoms with Crippen molar-refractivity contribution in [3.63, 3.8) is 0 Å². The van der Waals surface area contributed by atoms with Gasteiger partial charge in [0.2, 0.25) is 5.95 Å². The van der Waals surface area contributed by atoms with Crippen LogP contribution in [0.25, 0.3) is 10.9 Å². The molecule has 0 spiro atoms. The first kappa shape index (κ1) is 14.6. The average molecular weight is 314 g/mol. The summed E-state index contributed by atoms with van der Waals surface area (Å²) < 4.78 is 5.90. The monoisotopic (exact) mass is 313 g/mol. The van der Waals surface area contributed by atoms with Crippen molar-refractivity contribution in [1.29, 1.82) is 0 Å². The minimum absolute atomic E-state index is 0.0855. The summed E-state index contributed by atoms with van der Waals surface area (Å²) in [5.41, 5.74) is 7.51. The van der Waals surface area contributed by atoms with Crippen LogP contribution in [0.3, 0.4) is 0 Å². The van der Waals surface area contributed by atoms with E-state index < -0.39 is 0 Å². The molecular formula is C17H16ClN3O. The number of fused-ring (bicyclic) bond motifs is 1. The largest absolute Gasteiger partial charge is 0.489 e. The van der Waals surface area contributed by atoms with Crippen molar-refractivity contribution in [1.82, 2.24) is 9.97 Å². The van der Waals surface area contributed by atoms with Crippen molar-refractivity contribution >= 4 is 28.5 Å². The van der Waals surface area contributed by atoms with Gasteiger partial charge in [-0.15, -0.1) is 0 Å². The van der Waals surface area contributed by atoms with Crippen LogP contribution in [-0.4, -0.2) is 16.1 Å². The number of nitrogens with two attached hydrogens (primary N) is 1. The Bertz CT molecular complexity index is 807. The predicted molar refractivity (Wildman–Crippen MR) is 89.2 cm³/mol. The molecule has 22 heavy (non-hydrogen) atoms. The summed E-state index contributed by atoms with van der Waals surface area (Å²) >= 11 is 6.12. The molecule has 0 aliphatic carbocycles. The number of ether oxygens (including phenoxy) is 1. The molecule has 1 atom stereocenters. The van der Waals surface area contributed by atoms with Crippen LogP contribution in [0.5, 0.6) is 5.75 Å². The smallest absolute Gasteiger partial charge is 0.220 e. The molecule has 2 aromatic carbocycles. The third kappa shape index (κ3) is 3.12. The van der Waals surface area contributed by atoms with Crippen molar-refractivity contribution < 1.29 is 4.74 Å². The highest BCUT2D eigenvalue weighted by molar-refractivity contribution is 6.32. The number of benzene rings is 2. The summed E-state index contributed by atoms with van der Waals surface area (Å²) in [5.74, 6) is 0.946. The summed E-state index contributed by atoms with van der Waals surface area (Å²) in [7, 11) is 0. The first-order valence-electron chi connectivity index (χ1n) is 7.06. The van der Waals surface area contributed by atoms with E-state index in [1.54, 1.807) is 0 Å². The molecule has 1 heterocycles. The Morgan fingerprint density at radius 2 is 1.82 bits per heavy atom. The molecule has 0 fully saturated rings. The normalized spacial score (nSPS) is 12.3. The van der Waals surface area contributed by atoms with E-state index >= 15 is 0 Å². The molecule has 1 aromatic heterocycles. The van der Waals surface area contributed by atoms with Gasteiger partial charge in [-0.1, -0.05) is 41.9 Å². The second kappa shape index (κ2) is 6.20. The lowest BCUT2D eigenvalue weighted by Crippen LogP contribution is -2.17. The summed E-state index contributed by atoms with van der Waals surface area (Å²) in [5, 5.41) is 1.59. The number of nitrogens with zero attached hydrogens (tertiary/aromatic N) is 2. The lowest BCUT2D eigenvalue weighted by atomic mass is 10.1. The van der Waals surface area contributed by atoms with Crippen LogP contribution in [0.2, 0.25) is 5.02 Å². The zero-order chi connectivity index (χ0) is 15.5. The minimum Gasteiger partial charge on any atom is -0.489 e. The van der Waals surface area contributed by atoms with Gasteiger partial charge >= 0.3 is 0 Å². The molecule has 0 saturated heterocycles. The molecule has 112 valence electrons. The van der Waals surface area contributed by atoms with Gasteiger partial charge in [-0.25, -0.2) is 9.97 Å². The quantitative estimate of drug-likeness (QED) is 0.794. The third-order valence-electron chi connectivity index (χ3n) is 3.35.